The Hall–Kier alpha value is -0.870. The predicted molar refractivity (Wildman–Crippen MR) is 82.4 cm³/mol. The molecule has 0 N–H and O–H groups in total. The molecule has 0 aromatic carbocycles. The average molecular weight is 296 g/mol. The topological polar surface area (TPSA) is 29.0 Å². The van der Waals surface area contributed by atoms with Crippen LogP contribution < -0.4 is 4.90 Å². The van der Waals surface area contributed by atoms with E-state index in [1.807, 2.05) is 0 Å². The second-order valence-corrected chi connectivity index (χ2v) is 6.85. The number of halogens is 1. The summed E-state index contributed by atoms with van der Waals surface area (Å²) in [6.07, 6.45) is 3.83. The van der Waals surface area contributed by atoms with Crippen LogP contribution in [0.2, 0.25) is 5.28 Å². The van der Waals surface area contributed by atoms with E-state index in [-0.39, 0.29) is 0 Å². The van der Waals surface area contributed by atoms with Crippen molar-refractivity contribution in [1.82, 2.24) is 9.97 Å². The molecule has 19 heavy (non-hydrogen) atoms. The van der Waals surface area contributed by atoms with Gasteiger partial charge in [0.1, 0.15) is 10.6 Å². The molecule has 0 bridgehead atoms. The van der Waals surface area contributed by atoms with Crippen LogP contribution in [0.15, 0.2) is 6.07 Å². The fraction of sp³-hybridized carbons (Fsp3) is 0.571. The third-order valence-electron chi connectivity index (χ3n) is 3.75. The molecule has 1 aliphatic rings. The molecule has 2 aromatic heterocycles. The molecule has 1 fully saturated rings. The molecule has 1 aliphatic heterocycles. The molecule has 0 amide bonds. The van der Waals surface area contributed by atoms with E-state index in [0.29, 0.717) is 5.28 Å². The van der Waals surface area contributed by atoms with Crippen LogP contribution in [-0.2, 0) is 0 Å². The summed E-state index contributed by atoms with van der Waals surface area (Å²) in [6.45, 7) is 6.55. The van der Waals surface area contributed by atoms with Gasteiger partial charge in [0.2, 0.25) is 5.28 Å². The van der Waals surface area contributed by atoms with E-state index in [1.165, 1.54) is 24.1 Å². The summed E-state index contributed by atoms with van der Waals surface area (Å²) in [6, 6.07) is 2.18. The SMILES string of the molecule is CCCC1CCN(c2nc(Cl)nc3sc(C)cc23)C1. The normalized spacial score (nSPS) is 19.5. The van der Waals surface area contributed by atoms with Crippen molar-refractivity contribution in [1.29, 1.82) is 0 Å². The fourth-order valence-electron chi connectivity index (χ4n) is 2.91. The minimum absolute atomic E-state index is 0.364. The summed E-state index contributed by atoms with van der Waals surface area (Å²) in [5, 5.41) is 1.52. The summed E-state index contributed by atoms with van der Waals surface area (Å²) in [7, 11) is 0. The lowest BCUT2D eigenvalue weighted by molar-refractivity contribution is 0.529. The Labute approximate surface area is 122 Å². The minimum Gasteiger partial charge on any atom is -0.356 e. The molecule has 1 unspecified atom stereocenters. The lowest BCUT2D eigenvalue weighted by Gasteiger charge is -2.18. The lowest BCUT2D eigenvalue weighted by atomic mass is 10.0. The maximum atomic E-state index is 6.07. The average Bonchev–Trinajstić information content (AvgIpc) is 2.94. The van der Waals surface area contributed by atoms with Gasteiger partial charge in [-0.05, 0) is 43.4 Å². The van der Waals surface area contributed by atoms with Gasteiger partial charge in [-0.25, -0.2) is 4.98 Å². The van der Waals surface area contributed by atoms with Crippen molar-refractivity contribution in [3.63, 3.8) is 0 Å². The van der Waals surface area contributed by atoms with Crippen molar-refractivity contribution >= 4 is 39.0 Å². The predicted octanol–water partition coefficient (Wildman–Crippen LogP) is 4.28. The van der Waals surface area contributed by atoms with Gasteiger partial charge in [-0.3, -0.25) is 0 Å². The Kier molecular flexibility index (Phi) is 3.63. The van der Waals surface area contributed by atoms with Gasteiger partial charge in [0.05, 0.1) is 5.39 Å². The molecule has 0 spiro atoms. The molecular formula is C14H18ClN3S. The van der Waals surface area contributed by atoms with Crippen LogP contribution in [0.3, 0.4) is 0 Å². The molecule has 1 saturated heterocycles. The summed E-state index contributed by atoms with van der Waals surface area (Å²) in [5.74, 6) is 1.83. The van der Waals surface area contributed by atoms with E-state index in [0.717, 1.165) is 35.0 Å². The first-order valence-electron chi connectivity index (χ1n) is 6.86. The van der Waals surface area contributed by atoms with Crippen molar-refractivity contribution in [2.45, 2.75) is 33.1 Å². The van der Waals surface area contributed by atoms with E-state index in [9.17, 15) is 0 Å². The summed E-state index contributed by atoms with van der Waals surface area (Å²) in [4.78, 5) is 13.5. The quantitative estimate of drug-likeness (QED) is 0.792. The highest BCUT2D eigenvalue weighted by molar-refractivity contribution is 7.18. The highest BCUT2D eigenvalue weighted by Crippen LogP contribution is 2.34. The van der Waals surface area contributed by atoms with Crippen molar-refractivity contribution in [2.75, 3.05) is 18.0 Å². The Morgan fingerprint density at radius 1 is 1.47 bits per heavy atom. The highest BCUT2D eigenvalue weighted by Gasteiger charge is 2.25. The molecule has 0 saturated carbocycles. The number of aromatic nitrogens is 2. The Morgan fingerprint density at radius 3 is 3.11 bits per heavy atom. The molecule has 0 radical (unpaired) electrons. The molecule has 3 nitrogen and oxygen atoms in total. The van der Waals surface area contributed by atoms with Crippen molar-refractivity contribution < 1.29 is 0 Å². The first-order chi connectivity index (χ1) is 9.17. The number of fused-ring (bicyclic) bond motifs is 1. The van der Waals surface area contributed by atoms with Crippen LogP contribution in [0.25, 0.3) is 10.2 Å². The van der Waals surface area contributed by atoms with Gasteiger partial charge in [0.15, 0.2) is 0 Å². The molecule has 102 valence electrons. The van der Waals surface area contributed by atoms with Gasteiger partial charge in [-0.1, -0.05) is 13.3 Å². The lowest BCUT2D eigenvalue weighted by Crippen LogP contribution is -2.21. The molecule has 1 atom stereocenters. The van der Waals surface area contributed by atoms with Crippen LogP contribution in [0.1, 0.15) is 31.1 Å². The monoisotopic (exact) mass is 295 g/mol. The maximum absolute atomic E-state index is 6.07. The number of nitrogens with zero attached hydrogens (tertiary/aromatic N) is 3. The highest BCUT2D eigenvalue weighted by atomic mass is 35.5. The van der Waals surface area contributed by atoms with Gasteiger partial charge in [-0.2, -0.15) is 4.98 Å². The Morgan fingerprint density at radius 2 is 2.32 bits per heavy atom. The van der Waals surface area contributed by atoms with Crippen LogP contribution in [0, 0.1) is 12.8 Å². The maximum Gasteiger partial charge on any atom is 0.225 e. The van der Waals surface area contributed by atoms with Gasteiger partial charge < -0.3 is 4.90 Å². The van der Waals surface area contributed by atoms with Gasteiger partial charge >= 0.3 is 0 Å². The zero-order valence-corrected chi connectivity index (χ0v) is 12.9. The van der Waals surface area contributed by atoms with Gasteiger partial charge in [-0.15, -0.1) is 11.3 Å². The molecule has 0 aliphatic carbocycles. The van der Waals surface area contributed by atoms with E-state index < -0.39 is 0 Å². The van der Waals surface area contributed by atoms with Gasteiger partial charge in [0.25, 0.3) is 0 Å². The van der Waals surface area contributed by atoms with E-state index >= 15 is 0 Å². The molecular weight excluding hydrogens is 278 g/mol. The van der Waals surface area contributed by atoms with Crippen LogP contribution in [0.4, 0.5) is 5.82 Å². The van der Waals surface area contributed by atoms with Crippen LogP contribution in [-0.4, -0.2) is 23.1 Å². The minimum atomic E-state index is 0.364. The van der Waals surface area contributed by atoms with Crippen molar-refractivity contribution in [2.24, 2.45) is 5.92 Å². The number of anilines is 1. The third-order valence-corrected chi connectivity index (χ3v) is 4.86. The van der Waals surface area contributed by atoms with E-state index in [2.05, 4.69) is 34.8 Å². The molecule has 2 aromatic rings. The molecule has 3 rings (SSSR count). The first-order valence-corrected chi connectivity index (χ1v) is 8.05. The first kappa shape index (κ1) is 13.1. The smallest absolute Gasteiger partial charge is 0.225 e. The number of aryl methyl sites for hydroxylation is 1. The van der Waals surface area contributed by atoms with Crippen LogP contribution >= 0.6 is 22.9 Å². The molecule has 5 heteroatoms. The largest absolute Gasteiger partial charge is 0.356 e. The number of hydrogen-bond acceptors (Lipinski definition) is 4. The zero-order valence-electron chi connectivity index (χ0n) is 11.3. The molecule has 3 heterocycles. The van der Waals surface area contributed by atoms with Crippen molar-refractivity contribution in [3.05, 3.63) is 16.2 Å². The van der Waals surface area contributed by atoms with Gasteiger partial charge in [0, 0.05) is 18.0 Å². The Bertz CT molecular complexity index is 596. The van der Waals surface area contributed by atoms with E-state index in [4.69, 9.17) is 11.6 Å². The summed E-state index contributed by atoms with van der Waals surface area (Å²) in [5.41, 5.74) is 0. The zero-order chi connectivity index (χ0) is 13.4. The third kappa shape index (κ3) is 2.56. The standard InChI is InChI=1S/C14H18ClN3S/c1-3-4-10-5-6-18(8-10)12-11-7-9(2)19-13(11)17-14(15)16-12/h7,10H,3-6,8H2,1-2H3. The summed E-state index contributed by atoms with van der Waals surface area (Å²) >= 11 is 7.75. The van der Waals surface area contributed by atoms with E-state index in [1.54, 1.807) is 11.3 Å². The number of hydrogen-bond donors (Lipinski definition) is 0. The fourth-order valence-corrected chi connectivity index (χ4v) is 4.00. The second kappa shape index (κ2) is 5.25. The second-order valence-electron chi connectivity index (χ2n) is 5.28. The number of rotatable bonds is 3. The van der Waals surface area contributed by atoms with Crippen LogP contribution in [0.5, 0.6) is 0 Å². The van der Waals surface area contributed by atoms with Crippen molar-refractivity contribution in [3.8, 4) is 0 Å². The Balaban J connectivity index is 1.96. The summed E-state index contributed by atoms with van der Waals surface area (Å²) < 4.78 is 0. The number of thiophene rings is 1.